The normalized spacial score (nSPS) is 24.7. The third kappa shape index (κ3) is 5.67. The van der Waals surface area contributed by atoms with E-state index < -0.39 is 11.8 Å². The zero-order chi connectivity index (χ0) is 16.7. The predicted molar refractivity (Wildman–Crippen MR) is 81.1 cm³/mol. The largest absolute Gasteiger partial charge is 0.459 e. The van der Waals surface area contributed by atoms with Crippen LogP contribution in [0.25, 0.3) is 0 Å². The Bertz CT molecular complexity index is 515. The molecule has 0 N–H and O–H groups in total. The maximum Gasteiger partial charge on any atom is 0.348 e. The summed E-state index contributed by atoms with van der Waals surface area (Å²) in [5.41, 5.74) is -0.0484. The molecule has 0 aromatic carbocycles. The number of nitrogens with zero attached hydrogens (tertiary/aromatic N) is 2. The van der Waals surface area contributed by atoms with E-state index >= 15 is 0 Å². The molecule has 2 heterocycles. The molecule has 0 aliphatic carbocycles. The van der Waals surface area contributed by atoms with Gasteiger partial charge in [-0.25, -0.2) is 4.79 Å². The molecule has 0 aromatic rings. The molecule has 2 aliphatic rings. The Hall–Kier alpha value is -1.88. The molecular weight excluding hydrogens is 300 g/mol. The quantitative estimate of drug-likeness (QED) is 0.323. The van der Waals surface area contributed by atoms with Gasteiger partial charge in [0.25, 0.3) is 0 Å². The minimum Gasteiger partial charge on any atom is -0.459 e. The fourth-order valence-corrected chi connectivity index (χ4v) is 2.23. The third-order valence-electron chi connectivity index (χ3n) is 3.41. The van der Waals surface area contributed by atoms with Crippen molar-refractivity contribution in [2.45, 2.75) is 25.7 Å². The Balaban J connectivity index is 1.80. The van der Waals surface area contributed by atoms with Crippen LogP contribution >= 0.6 is 0 Å². The van der Waals surface area contributed by atoms with Gasteiger partial charge in [0.15, 0.2) is 5.79 Å². The molecule has 2 rings (SSSR count). The van der Waals surface area contributed by atoms with Gasteiger partial charge in [-0.15, -0.1) is 0 Å². The fraction of sp³-hybridized carbons (Fsp3) is 0.625. The van der Waals surface area contributed by atoms with Crippen LogP contribution in [0, 0.1) is 11.3 Å². The molecule has 1 atom stereocenters. The van der Waals surface area contributed by atoms with Crippen LogP contribution in [0.15, 0.2) is 23.9 Å². The summed E-state index contributed by atoms with van der Waals surface area (Å²) >= 11 is 0. The van der Waals surface area contributed by atoms with E-state index in [9.17, 15) is 4.79 Å². The summed E-state index contributed by atoms with van der Waals surface area (Å²) in [5, 5.41) is 9.07. The molecule has 1 unspecified atom stereocenters. The zero-order valence-corrected chi connectivity index (χ0v) is 13.5. The summed E-state index contributed by atoms with van der Waals surface area (Å²) in [7, 11) is 0. The highest BCUT2D eigenvalue weighted by molar-refractivity contribution is 5.93. The fourth-order valence-electron chi connectivity index (χ4n) is 2.23. The van der Waals surface area contributed by atoms with E-state index in [4.69, 9.17) is 24.2 Å². The number of ether oxygens (including phenoxy) is 4. The maximum atomic E-state index is 11.9. The van der Waals surface area contributed by atoms with Crippen molar-refractivity contribution in [3.05, 3.63) is 23.9 Å². The average Bonchev–Trinajstić information content (AvgIpc) is 2.89. The Kier molecular flexibility index (Phi) is 6.16. The van der Waals surface area contributed by atoms with E-state index in [1.54, 1.807) is 19.9 Å². The Morgan fingerprint density at radius 3 is 2.78 bits per heavy atom. The number of carbonyl (C=O) groups is 1. The third-order valence-corrected chi connectivity index (χ3v) is 3.41. The van der Waals surface area contributed by atoms with Crippen molar-refractivity contribution >= 4 is 5.97 Å². The zero-order valence-electron chi connectivity index (χ0n) is 13.5. The number of allylic oxidation sites excluding steroid dienone is 2. The summed E-state index contributed by atoms with van der Waals surface area (Å²) in [6.07, 6.45) is 4.65. The topological polar surface area (TPSA) is 81.0 Å². The van der Waals surface area contributed by atoms with Crippen LogP contribution in [-0.2, 0) is 23.7 Å². The molecular formula is C16H22N2O5. The molecule has 7 nitrogen and oxygen atoms in total. The van der Waals surface area contributed by atoms with E-state index in [0.717, 1.165) is 13.1 Å². The van der Waals surface area contributed by atoms with Crippen LogP contribution in [0.3, 0.4) is 0 Å². The lowest BCUT2D eigenvalue weighted by molar-refractivity contribution is -0.155. The highest BCUT2D eigenvalue weighted by atomic mass is 16.7. The van der Waals surface area contributed by atoms with E-state index in [1.807, 2.05) is 12.3 Å². The molecule has 0 radical (unpaired) electrons. The first-order valence-electron chi connectivity index (χ1n) is 7.59. The van der Waals surface area contributed by atoms with Crippen molar-refractivity contribution < 1.29 is 23.7 Å². The van der Waals surface area contributed by atoms with Crippen molar-refractivity contribution in [2.75, 3.05) is 39.5 Å². The van der Waals surface area contributed by atoms with Crippen molar-refractivity contribution in [3.8, 4) is 6.07 Å². The first-order chi connectivity index (χ1) is 11.0. The molecule has 0 bridgehead atoms. The summed E-state index contributed by atoms with van der Waals surface area (Å²) in [4.78, 5) is 14.0. The molecule has 23 heavy (non-hydrogen) atoms. The summed E-state index contributed by atoms with van der Waals surface area (Å²) < 4.78 is 21.3. The molecule has 0 amide bonds. The molecule has 0 spiro atoms. The second kappa shape index (κ2) is 8.11. The minimum absolute atomic E-state index is 0.0484. The summed E-state index contributed by atoms with van der Waals surface area (Å²) in [6, 6.07) is 1.85. The number of rotatable bonds is 5. The van der Waals surface area contributed by atoms with Crippen LogP contribution in [0.4, 0.5) is 0 Å². The monoisotopic (exact) mass is 322 g/mol. The number of carbonyl (C=O) groups excluding carboxylic acids is 1. The molecule has 0 aromatic heterocycles. The van der Waals surface area contributed by atoms with Gasteiger partial charge in [-0.3, -0.25) is 0 Å². The van der Waals surface area contributed by atoms with Crippen molar-refractivity contribution in [1.29, 1.82) is 5.26 Å². The van der Waals surface area contributed by atoms with E-state index in [-0.39, 0.29) is 18.3 Å². The van der Waals surface area contributed by atoms with Gasteiger partial charge in [0.2, 0.25) is 0 Å². The van der Waals surface area contributed by atoms with Crippen LogP contribution < -0.4 is 0 Å². The van der Waals surface area contributed by atoms with E-state index in [1.165, 1.54) is 6.08 Å². The van der Waals surface area contributed by atoms with Crippen molar-refractivity contribution in [2.24, 2.45) is 0 Å². The lowest BCUT2D eigenvalue weighted by atomic mass is 10.2. The first kappa shape index (κ1) is 17.5. The molecule has 0 saturated carbocycles. The Morgan fingerprint density at radius 1 is 1.43 bits per heavy atom. The van der Waals surface area contributed by atoms with Crippen molar-refractivity contribution in [3.63, 3.8) is 0 Å². The van der Waals surface area contributed by atoms with Gasteiger partial charge in [-0.05, 0) is 32.2 Å². The van der Waals surface area contributed by atoms with Gasteiger partial charge in [0.05, 0.1) is 19.8 Å². The van der Waals surface area contributed by atoms with Crippen LogP contribution in [-0.4, -0.2) is 62.3 Å². The van der Waals surface area contributed by atoms with E-state index in [2.05, 4.69) is 4.90 Å². The van der Waals surface area contributed by atoms with Crippen LogP contribution in [0.1, 0.15) is 13.8 Å². The average molecular weight is 322 g/mol. The first-order valence-corrected chi connectivity index (χ1v) is 7.59. The Labute approximate surface area is 136 Å². The lowest BCUT2D eigenvalue weighted by Gasteiger charge is -2.24. The van der Waals surface area contributed by atoms with Crippen LogP contribution in [0.2, 0.25) is 0 Å². The van der Waals surface area contributed by atoms with E-state index in [0.29, 0.717) is 19.8 Å². The second-order valence-electron chi connectivity index (χ2n) is 5.73. The Morgan fingerprint density at radius 2 is 2.17 bits per heavy atom. The number of morpholine rings is 1. The predicted octanol–water partition coefficient (Wildman–Crippen LogP) is 0.977. The molecule has 2 fully saturated rings. The number of hydrogen-bond acceptors (Lipinski definition) is 7. The van der Waals surface area contributed by atoms with Crippen molar-refractivity contribution in [1.82, 2.24) is 4.90 Å². The molecule has 7 heteroatoms. The number of nitriles is 1. The molecule has 2 aliphatic heterocycles. The summed E-state index contributed by atoms with van der Waals surface area (Å²) in [6.45, 7) is 6.98. The second-order valence-corrected chi connectivity index (χ2v) is 5.73. The van der Waals surface area contributed by atoms with Gasteiger partial charge in [0.1, 0.15) is 24.4 Å². The smallest absolute Gasteiger partial charge is 0.348 e. The van der Waals surface area contributed by atoms with Gasteiger partial charge >= 0.3 is 5.97 Å². The highest BCUT2D eigenvalue weighted by Gasteiger charge is 2.33. The summed E-state index contributed by atoms with van der Waals surface area (Å²) in [5.74, 6) is -1.32. The maximum absolute atomic E-state index is 11.9. The minimum atomic E-state index is -0.661. The highest BCUT2D eigenvalue weighted by Crippen LogP contribution is 2.22. The number of hydrogen-bond donors (Lipinski definition) is 0. The van der Waals surface area contributed by atoms with Gasteiger partial charge in [-0.2, -0.15) is 5.26 Å². The number of esters is 1. The molecule has 126 valence electrons. The van der Waals surface area contributed by atoms with Gasteiger partial charge in [-0.1, -0.05) is 0 Å². The van der Waals surface area contributed by atoms with Gasteiger partial charge < -0.3 is 23.8 Å². The lowest BCUT2D eigenvalue weighted by Crippen LogP contribution is -2.31. The van der Waals surface area contributed by atoms with Crippen LogP contribution in [0.5, 0.6) is 0 Å². The SMILES string of the molecule is CC1(C)OCC(COC(=O)/C(C#N)=C/C=C/N2CCOCC2)O1. The molecule has 2 saturated heterocycles. The standard InChI is InChI=1S/C16H22N2O5/c1-16(2)22-12-14(23-16)11-21-15(19)13(10-17)4-3-5-18-6-8-20-9-7-18/h3-5,14H,6-9,11-12H2,1-2H3/b5-3+,13-4+. The van der Waals surface area contributed by atoms with Gasteiger partial charge in [0, 0.05) is 13.1 Å².